The van der Waals surface area contributed by atoms with Gasteiger partial charge in [-0.3, -0.25) is 10.00 Å². The van der Waals surface area contributed by atoms with E-state index in [2.05, 4.69) is 20.4 Å². The number of rotatable bonds is 3. The van der Waals surface area contributed by atoms with Gasteiger partial charge in [-0.15, -0.1) is 0 Å². The molecule has 2 amide bonds. The maximum absolute atomic E-state index is 12.9. The molecule has 0 saturated carbocycles. The summed E-state index contributed by atoms with van der Waals surface area (Å²) in [6.45, 7) is 3.05. The molecule has 9 nitrogen and oxygen atoms in total. The van der Waals surface area contributed by atoms with Crippen LogP contribution in [0.25, 0.3) is 21.3 Å². The van der Waals surface area contributed by atoms with Crippen molar-refractivity contribution in [2.24, 2.45) is 12.5 Å². The molecule has 3 aromatic heterocycles. The number of hydrogen-bond donors (Lipinski definition) is 1. The Labute approximate surface area is 178 Å². The van der Waals surface area contributed by atoms with Gasteiger partial charge in [-0.1, -0.05) is 11.3 Å². The molecule has 2 aliphatic heterocycles. The number of urea groups is 1. The SMILES string of the molecule is COc1ncc(-c2cnn(C)c2)c2sc(NC(=O)N3CC[C@]4(CCCOC4)C3)nc12. The highest BCUT2D eigenvalue weighted by Gasteiger charge is 2.41. The highest BCUT2D eigenvalue weighted by molar-refractivity contribution is 7.23. The van der Waals surface area contributed by atoms with E-state index in [1.165, 1.54) is 11.3 Å². The van der Waals surface area contributed by atoms with Crippen molar-refractivity contribution < 1.29 is 14.3 Å². The molecule has 0 bridgehead atoms. The third kappa shape index (κ3) is 3.39. The zero-order valence-electron chi connectivity index (χ0n) is 17.1. The summed E-state index contributed by atoms with van der Waals surface area (Å²) in [4.78, 5) is 23.8. The number of carbonyl (C=O) groups excluding carboxylic acids is 1. The first kappa shape index (κ1) is 19.3. The fourth-order valence-corrected chi connectivity index (χ4v) is 5.35. The molecule has 5 rings (SSSR count). The van der Waals surface area contributed by atoms with Gasteiger partial charge in [0, 0.05) is 55.7 Å². The van der Waals surface area contributed by atoms with Gasteiger partial charge in [0.2, 0.25) is 5.88 Å². The quantitative estimate of drug-likeness (QED) is 0.689. The highest BCUT2D eigenvalue weighted by Crippen LogP contribution is 2.40. The first-order valence-electron chi connectivity index (χ1n) is 10.0. The lowest BCUT2D eigenvalue weighted by molar-refractivity contribution is -0.000213. The summed E-state index contributed by atoms with van der Waals surface area (Å²) in [5, 5.41) is 7.76. The minimum absolute atomic E-state index is 0.115. The number of aryl methyl sites for hydroxylation is 1. The van der Waals surface area contributed by atoms with Crippen LogP contribution in [0.1, 0.15) is 19.3 Å². The number of carbonyl (C=O) groups is 1. The Hall–Kier alpha value is -2.72. The van der Waals surface area contributed by atoms with Crippen molar-refractivity contribution >= 4 is 32.7 Å². The number of pyridine rings is 1. The van der Waals surface area contributed by atoms with Crippen LogP contribution in [0.4, 0.5) is 9.93 Å². The van der Waals surface area contributed by atoms with Crippen molar-refractivity contribution in [2.45, 2.75) is 19.3 Å². The number of nitrogens with zero attached hydrogens (tertiary/aromatic N) is 5. The Morgan fingerprint density at radius 2 is 2.27 bits per heavy atom. The van der Waals surface area contributed by atoms with Gasteiger partial charge >= 0.3 is 6.03 Å². The number of methoxy groups -OCH3 is 1. The number of nitrogens with one attached hydrogen (secondary N) is 1. The predicted octanol–water partition coefficient (Wildman–Crippen LogP) is 3.13. The topological polar surface area (TPSA) is 94.4 Å². The molecular formula is C20H24N6O3S. The molecule has 3 aromatic rings. The van der Waals surface area contributed by atoms with E-state index in [4.69, 9.17) is 9.47 Å². The van der Waals surface area contributed by atoms with E-state index in [9.17, 15) is 4.79 Å². The monoisotopic (exact) mass is 428 g/mol. The van der Waals surface area contributed by atoms with Gasteiger partial charge < -0.3 is 14.4 Å². The van der Waals surface area contributed by atoms with Crippen molar-refractivity contribution in [1.82, 2.24) is 24.6 Å². The number of likely N-dealkylation sites (tertiary alicyclic amines) is 1. The number of thiazole rings is 1. The smallest absolute Gasteiger partial charge is 0.323 e. The number of ether oxygens (including phenoxy) is 2. The van der Waals surface area contributed by atoms with Gasteiger partial charge in [-0.2, -0.15) is 5.10 Å². The van der Waals surface area contributed by atoms with Crippen LogP contribution in [-0.2, 0) is 11.8 Å². The molecule has 10 heteroatoms. The van der Waals surface area contributed by atoms with E-state index in [1.807, 2.05) is 18.1 Å². The molecule has 2 aliphatic rings. The lowest BCUT2D eigenvalue weighted by Gasteiger charge is -2.32. The van der Waals surface area contributed by atoms with E-state index in [0.29, 0.717) is 16.5 Å². The van der Waals surface area contributed by atoms with Gasteiger partial charge in [-0.05, 0) is 19.3 Å². The molecule has 2 saturated heterocycles. The number of hydrogen-bond acceptors (Lipinski definition) is 7. The van der Waals surface area contributed by atoms with Crippen molar-refractivity contribution in [3.8, 4) is 17.0 Å². The van der Waals surface area contributed by atoms with Crippen LogP contribution in [0.5, 0.6) is 5.88 Å². The zero-order valence-corrected chi connectivity index (χ0v) is 17.9. The Morgan fingerprint density at radius 1 is 1.37 bits per heavy atom. The summed E-state index contributed by atoms with van der Waals surface area (Å²) in [6.07, 6.45) is 8.65. The molecule has 1 spiro atoms. The minimum atomic E-state index is -0.119. The van der Waals surface area contributed by atoms with Gasteiger partial charge in [0.25, 0.3) is 0 Å². The molecule has 0 unspecified atom stereocenters. The predicted molar refractivity (Wildman–Crippen MR) is 114 cm³/mol. The molecule has 0 aromatic carbocycles. The lowest BCUT2D eigenvalue weighted by atomic mass is 9.82. The maximum atomic E-state index is 12.9. The number of anilines is 1. The van der Waals surface area contributed by atoms with Crippen LogP contribution in [0, 0.1) is 5.41 Å². The van der Waals surface area contributed by atoms with Gasteiger partial charge in [0.05, 0.1) is 24.6 Å². The summed E-state index contributed by atoms with van der Waals surface area (Å²) in [5.41, 5.74) is 2.61. The first-order chi connectivity index (χ1) is 14.6. The largest absolute Gasteiger partial charge is 0.479 e. The summed E-state index contributed by atoms with van der Waals surface area (Å²) in [7, 11) is 3.44. The molecule has 0 radical (unpaired) electrons. The molecule has 1 atom stereocenters. The van der Waals surface area contributed by atoms with Crippen LogP contribution in [0.3, 0.4) is 0 Å². The van der Waals surface area contributed by atoms with Crippen molar-refractivity contribution in [3.63, 3.8) is 0 Å². The number of amides is 2. The molecule has 158 valence electrons. The Morgan fingerprint density at radius 3 is 3.00 bits per heavy atom. The van der Waals surface area contributed by atoms with E-state index in [-0.39, 0.29) is 11.4 Å². The van der Waals surface area contributed by atoms with Crippen LogP contribution < -0.4 is 10.1 Å². The normalized spacial score (nSPS) is 21.5. The minimum Gasteiger partial charge on any atom is -0.479 e. The third-order valence-electron chi connectivity index (χ3n) is 5.94. The van der Waals surface area contributed by atoms with E-state index >= 15 is 0 Å². The van der Waals surface area contributed by atoms with Crippen molar-refractivity contribution in [3.05, 3.63) is 18.6 Å². The molecular weight excluding hydrogens is 404 g/mol. The average molecular weight is 429 g/mol. The summed E-state index contributed by atoms with van der Waals surface area (Å²) < 4.78 is 13.7. The van der Waals surface area contributed by atoms with E-state index in [0.717, 1.165) is 61.4 Å². The Bertz CT molecular complexity index is 1090. The first-order valence-corrected chi connectivity index (χ1v) is 10.8. The van der Waals surface area contributed by atoms with Crippen molar-refractivity contribution in [1.29, 1.82) is 0 Å². The average Bonchev–Trinajstić information content (AvgIpc) is 3.47. The highest BCUT2D eigenvalue weighted by atomic mass is 32.1. The number of aromatic nitrogens is 4. The second-order valence-corrected chi connectivity index (χ2v) is 9.04. The molecule has 5 heterocycles. The summed E-state index contributed by atoms with van der Waals surface area (Å²) in [5.74, 6) is 0.439. The Kier molecular flexibility index (Phi) is 4.82. The van der Waals surface area contributed by atoms with Crippen LogP contribution >= 0.6 is 11.3 Å². The zero-order chi connectivity index (χ0) is 20.7. The number of fused-ring (bicyclic) bond motifs is 1. The van der Waals surface area contributed by atoms with Crippen LogP contribution in [-0.4, -0.2) is 64.1 Å². The molecule has 0 aliphatic carbocycles. The fourth-order valence-electron chi connectivity index (χ4n) is 4.37. The van der Waals surface area contributed by atoms with Crippen LogP contribution in [0.2, 0.25) is 0 Å². The van der Waals surface area contributed by atoms with E-state index < -0.39 is 0 Å². The van der Waals surface area contributed by atoms with Gasteiger partial charge in [0.15, 0.2) is 5.13 Å². The molecule has 30 heavy (non-hydrogen) atoms. The standard InChI is InChI=1S/C20H24N6O3S/c1-25-10-13(8-22-25)14-9-21-17(28-2)15-16(14)30-18(23-15)24-19(27)26-6-5-20(11-26)4-3-7-29-12-20/h8-10H,3-7,11-12H2,1-2H3,(H,23,24,27)/t20-/m1/s1. The van der Waals surface area contributed by atoms with E-state index in [1.54, 1.807) is 24.2 Å². The summed E-state index contributed by atoms with van der Waals surface area (Å²) in [6, 6.07) is -0.119. The van der Waals surface area contributed by atoms with Gasteiger partial charge in [0.1, 0.15) is 5.52 Å². The van der Waals surface area contributed by atoms with Crippen molar-refractivity contribution in [2.75, 3.05) is 38.7 Å². The van der Waals surface area contributed by atoms with Gasteiger partial charge in [-0.25, -0.2) is 14.8 Å². The molecule has 2 fully saturated rings. The third-order valence-corrected chi connectivity index (χ3v) is 6.94. The second kappa shape index (κ2) is 7.51. The lowest BCUT2D eigenvalue weighted by Crippen LogP contribution is -2.38. The Balaban J connectivity index is 1.40. The molecule has 1 N–H and O–H groups in total. The van der Waals surface area contributed by atoms with Crippen LogP contribution in [0.15, 0.2) is 18.6 Å². The second-order valence-electron chi connectivity index (χ2n) is 8.04. The maximum Gasteiger partial charge on any atom is 0.323 e. The summed E-state index contributed by atoms with van der Waals surface area (Å²) >= 11 is 1.42. The fraction of sp³-hybridized carbons (Fsp3) is 0.500.